The third kappa shape index (κ3) is 6.63. The van der Waals surface area contributed by atoms with Crippen LogP contribution in [0.15, 0.2) is 30.3 Å². The smallest absolute Gasteiger partial charge is 0.220 e. The molecule has 1 aromatic carbocycles. The summed E-state index contributed by atoms with van der Waals surface area (Å²) in [5.41, 5.74) is 1.22. The molecule has 0 aliphatic heterocycles. The second-order valence-electron chi connectivity index (χ2n) is 5.39. The van der Waals surface area contributed by atoms with Crippen molar-refractivity contribution in [2.24, 2.45) is 0 Å². The molecule has 0 fully saturated rings. The highest BCUT2D eigenvalue weighted by Crippen LogP contribution is 2.26. The number of alkyl halides is 1. The molecule has 0 saturated carbocycles. The highest BCUT2D eigenvalue weighted by Gasteiger charge is 2.17. The quantitative estimate of drug-likeness (QED) is 0.749. The Morgan fingerprint density at radius 1 is 1.16 bits per heavy atom. The maximum Gasteiger partial charge on any atom is 0.220 e. The van der Waals surface area contributed by atoms with E-state index < -0.39 is 0 Å². The molecule has 2 nitrogen and oxygen atoms in total. The number of benzene rings is 1. The van der Waals surface area contributed by atoms with Crippen LogP contribution in [0.2, 0.25) is 0 Å². The molecule has 1 aromatic rings. The average molecular weight is 282 g/mol. The van der Waals surface area contributed by atoms with Gasteiger partial charge in [0.05, 0.1) is 0 Å². The van der Waals surface area contributed by atoms with Crippen molar-refractivity contribution in [2.75, 3.05) is 0 Å². The van der Waals surface area contributed by atoms with Crippen molar-refractivity contribution in [2.45, 2.75) is 57.4 Å². The van der Waals surface area contributed by atoms with E-state index in [0.717, 1.165) is 12.8 Å². The van der Waals surface area contributed by atoms with Crippen molar-refractivity contribution >= 4 is 17.5 Å². The van der Waals surface area contributed by atoms with Crippen LogP contribution in [0.25, 0.3) is 0 Å². The Morgan fingerprint density at radius 3 is 2.32 bits per heavy atom. The lowest BCUT2D eigenvalue weighted by molar-refractivity contribution is -0.122. The molecule has 1 amide bonds. The molecule has 19 heavy (non-hydrogen) atoms. The summed E-state index contributed by atoms with van der Waals surface area (Å²) in [6, 6.07) is 10.4. The Morgan fingerprint density at radius 2 is 1.79 bits per heavy atom. The first-order valence-corrected chi connectivity index (χ1v) is 7.41. The van der Waals surface area contributed by atoms with Crippen LogP contribution in [-0.4, -0.2) is 17.3 Å². The predicted octanol–water partition coefficient (Wildman–Crippen LogP) is 4.09. The molecule has 0 heterocycles. The number of carbonyl (C=O) groups is 1. The van der Waals surface area contributed by atoms with E-state index >= 15 is 0 Å². The zero-order valence-electron chi connectivity index (χ0n) is 12.0. The van der Waals surface area contributed by atoms with E-state index in [1.165, 1.54) is 5.56 Å². The van der Waals surface area contributed by atoms with Crippen LogP contribution < -0.4 is 5.32 Å². The number of carbonyl (C=O) groups excluding carboxylic acids is 1. The Kier molecular flexibility index (Phi) is 6.93. The summed E-state index contributed by atoms with van der Waals surface area (Å²) < 4.78 is 0. The number of nitrogens with one attached hydrogen (secondary N) is 1. The SMILES string of the molecule is CC(Cl)CCC(CC(=O)NC(C)C)c1ccccc1. The second kappa shape index (κ2) is 8.21. The number of hydrogen-bond donors (Lipinski definition) is 1. The monoisotopic (exact) mass is 281 g/mol. The Hall–Kier alpha value is -1.02. The molecule has 0 aromatic heterocycles. The summed E-state index contributed by atoms with van der Waals surface area (Å²) in [4.78, 5) is 11.9. The lowest BCUT2D eigenvalue weighted by Gasteiger charge is -2.18. The van der Waals surface area contributed by atoms with Gasteiger partial charge in [0, 0.05) is 17.8 Å². The van der Waals surface area contributed by atoms with Gasteiger partial charge in [-0.25, -0.2) is 0 Å². The largest absolute Gasteiger partial charge is 0.354 e. The predicted molar refractivity (Wildman–Crippen MR) is 81.6 cm³/mol. The average Bonchev–Trinajstić information content (AvgIpc) is 2.34. The zero-order valence-corrected chi connectivity index (χ0v) is 12.8. The van der Waals surface area contributed by atoms with E-state index in [2.05, 4.69) is 17.4 Å². The first-order valence-electron chi connectivity index (χ1n) is 6.97. The molecule has 0 spiro atoms. The van der Waals surface area contributed by atoms with E-state index in [-0.39, 0.29) is 23.2 Å². The molecular formula is C16H24ClNO. The van der Waals surface area contributed by atoms with Gasteiger partial charge in [0.15, 0.2) is 0 Å². The molecule has 0 radical (unpaired) electrons. The van der Waals surface area contributed by atoms with E-state index in [1.54, 1.807) is 0 Å². The zero-order chi connectivity index (χ0) is 14.3. The Labute approximate surface area is 121 Å². The summed E-state index contributed by atoms with van der Waals surface area (Å²) in [5.74, 6) is 0.368. The minimum Gasteiger partial charge on any atom is -0.354 e. The van der Waals surface area contributed by atoms with E-state index in [4.69, 9.17) is 11.6 Å². The lowest BCUT2D eigenvalue weighted by atomic mass is 9.90. The van der Waals surface area contributed by atoms with Gasteiger partial charge in [-0.3, -0.25) is 4.79 Å². The van der Waals surface area contributed by atoms with Gasteiger partial charge in [0.25, 0.3) is 0 Å². The van der Waals surface area contributed by atoms with Crippen molar-refractivity contribution in [1.82, 2.24) is 5.32 Å². The second-order valence-corrected chi connectivity index (χ2v) is 6.14. The Bertz CT molecular complexity index is 376. The minimum atomic E-state index is 0.117. The maximum absolute atomic E-state index is 11.9. The van der Waals surface area contributed by atoms with Crippen LogP contribution in [0.4, 0.5) is 0 Å². The van der Waals surface area contributed by atoms with Gasteiger partial charge in [-0.15, -0.1) is 11.6 Å². The first kappa shape index (κ1) is 16.0. The molecule has 1 rings (SSSR count). The highest BCUT2D eigenvalue weighted by atomic mass is 35.5. The normalized spacial score (nSPS) is 14.2. The fourth-order valence-electron chi connectivity index (χ4n) is 2.15. The van der Waals surface area contributed by atoms with Gasteiger partial charge in [0.2, 0.25) is 5.91 Å². The highest BCUT2D eigenvalue weighted by molar-refractivity contribution is 6.20. The topological polar surface area (TPSA) is 29.1 Å². The lowest BCUT2D eigenvalue weighted by Crippen LogP contribution is -2.31. The first-order chi connectivity index (χ1) is 8.99. The summed E-state index contributed by atoms with van der Waals surface area (Å²) in [5, 5.41) is 3.11. The van der Waals surface area contributed by atoms with Gasteiger partial charge < -0.3 is 5.32 Å². The molecule has 3 heteroatoms. The fourth-order valence-corrected chi connectivity index (χ4v) is 2.27. The van der Waals surface area contributed by atoms with Gasteiger partial charge in [-0.2, -0.15) is 0 Å². The molecule has 106 valence electrons. The molecule has 2 unspecified atom stereocenters. The van der Waals surface area contributed by atoms with Gasteiger partial charge in [0.1, 0.15) is 0 Å². The number of hydrogen-bond acceptors (Lipinski definition) is 1. The molecule has 0 aliphatic rings. The maximum atomic E-state index is 11.9. The fraction of sp³-hybridized carbons (Fsp3) is 0.562. The molecule has 0 bridgehead atoms. The number of halogens is 1. The van der Waals surface area contributed by atoms with Gasteiger partial charge >= 0.3 is 0 Å². The van der Waals surface area contributed by atoms with Crippen molar-refractivity contribution in [3.8, 4) is 0 Å². The van der Waals surface area contributed by atoms with Crippen molar-refractivity contribution in [3.05, 3.63) is 35.9 Å². The summed E-state index contributed by atoms with van der Waals surface area (Å²) in [7, 11) is 0. The van der Waals surface area contributed by atoms with Gasteiger partial charge in [-0.05, 0) is 45.1 Å². The van der Waals surface area contributed by atoms with E-state index in [0.29, 0.717) is 6.42 Å². The van der Waals surface area contributed by atoms with Crippen molar-refractivity contribution < 1.29 is 4.79 Å². The van der Waals surface area contributed by atoms with E-state index in [1.807, 2.05) is 39.0 Å². The number of rotatable bonds is 7. The minimum absolute atomic E-state index is 0.117. The summed E-state index contributed by atoms with van der Waals surface area (Å²) >= 11 is 6.03. The Balaban J connectivity index is 2.67. The third-order valence-corrected chi connectivity index (χ3v) is 3.28. The van der Waals surface area contributed by atoms with Crippen LogP contribution in [-0.2, 0) is 4.79 Å². The number of amides is 1. The van der Waals surface area contributed by atoms with Crippen LogP contribution in [0, 0.1) is 0 Å². The molecular weight excluding hydrogens is 258 g/mol. The van der Waals surface area contributed by atoms with Gasteiger partial charge in [-0.1, -0.05) is 30.3 Å². The van der Waals surface area contributed by atoms with E-state index in [9.17, 15) is 4.79 Å². The summed E-state index contributed by atoms with van der Waals surface area (Å²) in [6.07, 6.45) is 2.40. The van der Waals surface area contributed by atoms with Crippen LogP contribution in [0.5, 0.6) is 0 Å². The summed E-state index contributed by atoms with van der Waals surface area (Å²) in [6.45, 7) is 5.96. The molecule has 0 saturated heterocycles. The van der Waals surface area contributed by atoms with Crippen LogP contribution in [0.1, 0.15) is 51.5 Å². The van der Waals surface area contributed by atoms with Crippen LogP contribution in [0.3, 0.4) is 0 Å². The van der Waals surface area contributed by atoms with Crippen molar-refractivity contribution in [3.63, 3.8) is 0 Å². The standard InChI is InChI=1S/C16H24ClNO/c1-12(2)18-16(19)11-15(10-9-13(3)17)14-7-5-4-6-8-14/h4-8,12-13,15H,9-11H2,1-3H3,(H,18,19). The van der Waals surface area contributed by atoms with Crippen molar-refractivity contribution in [1.29, 1.82) is 0 Å². The molecule has 0 aliphatic carbocycles. The van der Waals surface area contributed by atoms with Crippen LogP contribution >= 0.6 is 11.6 Å². The molecule has 2 atom stereocenters. The molecule has 1 N–H and O–H groups in total. The third-order valence-electron chi connectivity index (χ3n) is 3.07.